The Morgan fingerprint density at radius 3 is 2.38 bits per heavy atom. The van der Waals surface area contributed by atoms with Crippen molar-refractivity contribution in [2.45, 2.75) is 26.4 Å². The van der Waals surface area contributed by atoms with Crippen LogP contribution in [0.2, 0.25) is 0 Å². The highest BCUT2D eigenvalue weighted by Gasteiger charge is 2.16. The van der Waals surface area contributed by atoms with Gasteiger partial charge in [0.1, 0.15) is 0 Å². The molecule has 0 atom stereocenters. The summed E-state index contributed by atoms with van der Waals surface area (Å²) in [6.07, 6.45) is 1.17. The van der Waals surface area contributed by atoms with Gasteiger partial charge in [-0.2, -0.15) is 4.31 Å². The number of carbonyl (C=O) groups is 1. The SMILES string of the molecule is CC(C)NC(=O)NCCN(Cc1ccccc1)S(C)(=O)=O. The number of carbonyl (C=O) groups excluding carboxylic acids is 1. The van der Waals surface area contributed by atoms with E-state index in [1.807, 2.05) is 44.2 Å². The van der Waals surface area contributed by atoms with Gasteiger partial charge in [-0.3, -0.25) is 0 Å². The summed E-state index contributed by atoms with van der Waals surface area (Å²) in [4.78, 5) is 11.5. The van der Waals surface area contributed by atoms with Crippen molar-refractivity contribution >= 4 is 16.1 Å². The van der Waals surface area contributed by atoms with E-state index in [9.17, 15) is 13.2 Å². The van der Waals surface area contributed by atoms with Crippen LogP contribution < -0.4 is 10.6 Å². The van der Waals surface area contributed by atoms with Gasteiger partial charge in [0.2, 0.25) is 10.0 Å². The van der Waals surface area contributed by atoms with Crippen LogP contribution in [-0.4, -0.2) is 44.1 Å². The molecule has 1 rings (SSSR count). The van der Waals surface area contributed by atoms with Gasteiger partial charge in [-0.1, -0.05) is 30.3 Å². The van der Waals surface area contributed by atoms with E-state index in [-0.39, 0.29) is 25.2 Å². The van der Waals surface area contributed by atoms with Gasteiger partial charge < -0.3 is 10.6 Å². The molecule has 0 heterocycles. The third kappa shape index (κ3) is 7.10. The molecule has 0 saturated carbocycles. The van der Waals surface area contributed by atoms with E-state index >= 15 is 0 Å². The Bertz CT molecular complexity index is 544. The monoisotopic (exact) mass is 313 g/mol. The van der Waals surface area contributed by atoms with Crippen LogP contribution >= 0.6 is 0 Å². The molecule has 21 heavy (non-hydrogen) atoms. The molecule has 7 heteroatoms. The predicted molar refractivity (Wildman–Crippen MR) is 83.4 cm³/mol. The number of nitrogens with one attached hydrogen (secondary N) is 2. The minimum absolute atomic E-state index is 0.0420. The summed E-state index contributed by atoms with van der Waals surface area (Å²) in [5.41, 5.74) is 0.912. The molecule has 6 nitrogen and oxygen atoms in total. The Balaban J connectivity index is 2.54. The Morgan fingerprint density at radius 2 is 1.86 bits per heavy atom. The highest BCUT2D eigenvalue weighted by molar-refractivity contribution is 7.88. The minimum Gasteiger partial charge on any atom is -0.337 e. The van der Waals surface area contributed by atoms with Gasteiger partial charge in [0.15, 0.2) is 0 Å². The van der Waals surface area contributed by atoms with Crippen LogP contribution in [0.4, 0.5) is 4.79 Å². The van der Waals surface area contributed by atoms with Crippen LogP contribution in [0.1, 0.15) is 19.4 Å². The van der Waals surface area contributed by atoms with Crippen LogP contribution in [-0.2, 0) is 16.6 Å². The lowest BCUT2D eigenvalue weighted by molar-refractivity contribution is 0.237. The average molecular weight is 313 g/mol. The Labute approximate surface area is 126 Å². The maximum atomic E-state index is 11.8. The lowest BCUT2D eigenvalue weighted by Gasteiger charge is -2.20. The molecule has 0 spiro atoms. The number of hydrogen-bond acceptors (Lipinski definition) is 3. The third-order valence-corrected chi connectivity index (χ3v) is 3.99. The van der Waals surface area contributed by atoms with E-state index in [2.05, 4.69) is 10.6 Å². The molecule has 0 aliphatic carbocycles. The van der Waals surface area contributed by atoms with Crippen LogP contribution in [0, 0.1) is 0 Å². The lowest BCUT2D eigenvalue weighted by atomic mass is 10.2. The Morgan fingerprint density at radius 1 is 1.24 bits per heavy atom. The van der Waals surface area contributed by atoms with Crippen molar-refractivity contribution in [3.63, 3.8) is 0 Å². The average Bonchev–Trinajstić information content (AvgIpc) is 2.36. The fraction of sp³-hybridized carbons (Fsp3) is 0.500. The second-order valence-corrected chi connectivity index (χ2v) is 7.12. The van der Waals surface area contributed by atoms with Crippen LogP contribution in [0.3, 0.4) is 0 Å². The molecule has 118 valence electrons. The summed E-state index contributed by atoms with van der Waals surface area (Å²) >= 11 is 0. The van der Waals surface area contributed by atoms with Crippen molar-refractivity contribution in [1.82, 2.24) is 14.9 Å². The number of nitrogens with zero attached hydrogens (tertiary/aromatic N) is 1. The van der Waals surface area contributed by atoms with E-state index in [0.717, 1.165) is 5.56 Å². The number of sulfonamides is 1. The molecule has 0 saturated heterocycles. The summed E-state index contributed by atoms with van der Waals surface area (Å²) in [6, 6.07) is 9.10. The zero-order valence-corrected chi connectivity index (χ0v) is 13.5. The Hall–Kier alpha value is -1.60. The summed E-state index contributed by atoms with van der Waals surface area (Å²) < 4.78 is 24.9. The lowest BCUT2D eigenvalue weighted by Crippen LogP contribution is -2.43. The van der Waals surface area contributed by atoms with E-state index < -0.39 is 10.0 Å². The van der Waals surface area contributed by atoms with Gasteiger partial charge in [0.25, 0.3) is 0 Å². The number of rotatable bonds is 7. The fourth-order valence-electron chi connectivity index (χ4n) is 1.76. The second-order valence-electron chi connectivity index (χ2n) is 5.14. The van der Waals surface area contributed by atoms with Gasteiger partial charge in [0.05, 0.1) is 6.26 Å². The molecule has 0 bridgehead atoms. The summed E-state index contributed by atoms with van der Waals surface area (Å²) in [7, 11) is -3.32. The zero-order valence-electron chi connectivity index (χ0n) is 12.7. The fourth-order valence-corrected chi connectivity index (χ4v) is 2.56. The summed E-state index contributed by atoms with van der Waals surface area (Å²) in [5.74, 6) is 0. The highest BCUT2D eigenvalue weighted by Crippen LogP contribution is 2.07. The third-order valence-electron chi connectivity index (χ3n) is 2.74. The van der Waals surface area contributed by atoms with Crippen LogP contribution in [0.15, 0.2) is 30.3 Å². The first-order valence-corrected chi connectivity index (χ1v) is 8.67. The number of amides is 2. The van der Waals surface area contributed by atoms with Gasteiger partial charge in [-0.25, -0.2) is 13.2 Å². The van der Waals surface area contributed by atoms with Gasteiger partial charge in [0, 0.05) is 25.7 Å². The number of benzene rings is 1. The standard InChI is InChI=1S/C14H23N3O3S/c1-12(2)16-14(18)15-9-10-17(21(3,19)20)11-13-7-5-4-6-8-13/h4-8,12H,9-11H2,1-3H3,(H2,15,16,18). The van der Waals surface area contributed by atoms with Crippen molar-refractivity contribution in [2.75, 3.05) is 19.3 Å². The van der Waals surface area contributed by atoms with Crippen LogP contribution in [0.5, 0.6) is 0 Å². The van der Waals surface area contributed by atoms with E-state index in [1.165, 1.54) is 10.6 Å². The van der Waals surface area contributed by atoms with Gasteiger partial charge >= 0.3 is 6.03 Å². The predicted octanol–water partition coefficient (Wildman–Crippen LogP) is 1.16. The van der Waals surface area contributed by atoms with E-state index in [1.54, 1.807) is 0 Å². The highest BCUT2D eigenvalue weighted by atomic mass is 32.2. The first-order chi connectivity index (χ1) is 9.79. The van der Waals surface area contributed by atoms with Crippen molar-refractivity contribution in [1.29, 1.82) is 0 Å². The van der Waals surface area contributed by atoms with Gasteiger partial charge in [-0.05, 0) is 19.4 Å². The normalized spacial score (nSPS) is 11.7. The molecule has 0 aliphatic rings. The summed E-state index contributed by atoms with van der Waals surface area (Å²) in [6.45, 7) is 4.51. The Kier molecular flexibility index (Phi) is 6.64. The maximum absolute atomic E-state index is 11.8. The van der Waals surface area contributed by atoms with Crippen LogP contribution in [0.25, 0.3) is 0 Å². The molecule has 0 unspecified atom stereocenters. The van der Waals surface area contributed by atoms with E-state index in [0.29, 0.717) is 6.54 Å². The van der Waals surface area contributed by atoms with E-state index in [4.69, 9.17) is 0 Å². The van der Waals surface area contributed by atoms with Crippen molar-refractivity contribution in [3.8, 4) is 0 Å². The zero-order chi connectivity index (χ0) is 15.9. The summed E-state index contributed by atoms with van der Waals surface area (Å²) in [5, 5.41) is 5.33. The molecule has 1 aromatic carbocycles. The first-order valence-electron chi connectivity index (χ1n) is 6.82. The molecule has 1 aromatic rings. The molecular weight excluding hydrogens is 290 g/mol. The number of hydrogen-bond donors (Lipinski definition) is 2. The molecule has 0 aromatic heterocycles. The van der Waals surface area contributed by atoms with Crippen molar-refractivity contribution in [2.24, 2.45) is 0 Å². The second kappa shape index (κ2) is 7.99. The van der Waals surface area contributed by atoms with Crippen molar-refractivity contribution < 1.29 is 13.2 Å². The van der Waals surface area contributed by atoms with Gasteiger partial charge in [-0.15, -0.1) is 0 Å². The smallest absolute Gasteiger partial charge is 0.315 e. The maximum Gasteiger partial charge on any atom is 0.315 e. The minimum atomic E-state index is -3.32. The molecule has 0 fully saturated rings. The largest absolute Gasteiger partial charge is 0.337 e. The van der Waals surface area contributed by atoms with Crippen molar-refractivity contribution in [3.05, 3.63) is 35.9 Å². The molecule has 0 aliphatic heterocycles. The molecule has 0 radical (unpaired) electrons. The number of urea groups is 1. The topological polar surface area (TPSA) is 78.5 Å². The molecule has 2 amide bonds. The first kappa shape index (κ1) is 17.5. The molecule has 2 N–H and O–H groups in total. The quantitative estimate of drug-likeness (QED) is 0.793. The molecular formula is C14H23N3O3S.